The Morgan fingerprint density at radius 1 is 1.41 bits per heavy atom. The Morgan fingerprint density at radius 3 is 2.76 bits per heavy atom. The van der Waals surface area contributed by atoms with Crippen LogP contribution >= 0.6 is 23.4 Å². The molecule has 0 saturated heterocycles. The summed E-state index contributed by atoms with van der Waals surface area (Å²) in [4.78, 5) is 11.9. The van der Waals surface area contributed by atoms with E-state index in [0.717, 1.165) is 16.6 Å². The third kappa shape index (κ3) is 3.39. The first-order valence-electron chi connectivity index (χ1n) is 5.82. The molecule has 0 aliphatic heterocycles. The number of carboxylic acids is 1. The molecule has 2 nitrogen and oxygen atoms in total. The van der Waals surface area contributed by atoms with Crippen molar-refractivity contribution >= 4 is 29.3 Å². The molecular formula is C13H15ClO2S. The van der Waals surface area contributed by atoms with Crippen LogP contribution in [-0.4, -0.2) is 16.8 Å². The van der Waals surface area contributed by atoms with Gasteiger partial charge in [-0.15, -0.1) is 11.8 Å². The Balaban J connectivity index is 2.07. The predicted octanol–water partition coefficient (Wildman–Crippen LogP) is 4.32. The maximum absolute atomic E-state index is 11.1. The lowest BCUT2D eigenvalue weighted by Crippen LogP contribution is -2.01. The van der Waals surface area contributed by atoms with E-state index in [-0.39, 0.29) is 0 Å². The van der Waals surface area contributed by atoms with Crippen LogP contribution in [0.15, 0.2) is 23.1 Å². The highest BCUT2D eigenvalue weighted by Crippen LogP contribution is 2.33. The van der Waals surface area contributed by atoms with Crippen LogP contribution in [-0.2, 0) is 0 Å². The van der Waals surface area contributed by atoms with Crippen molar-refractivity contribution in [2.75, 3.05) is 5.75 Å². The fourth-order valence-electron chi connectivity index (χ4n) is 2.18. The van der Waals surface area contributed by atoms with Crippen molar-refractivity contribution in [3.63, 3.8) is 0 Å². The fraction of sp³-hybridized carbons (Fsp3) is 0.462. The molecule has 2 rings (SSSR count). The van der Waals surface area contributed by atoms with Gasteiger partial charge in [0.05, 0.1) is 5.56 Å². The molecule has 0 atom stereocenters. The van der Waals surface area contributed by atoms with Crippen molar-refractivity contribution in [1.82, 2.24) is 0 Å². The highest BCUT2D eigenvalue weighted by molar-refractivity contribution is 7.99. The number of carbonyl (C=O) groups is 1. The van der Waals surface area contributed by atoms with Gasteiger partial charge in [-0.2, -0.15) is 0 Å². The average molecular weight is 271 g/mol. The third-order valence-corrected chi connectivity index (χ3v) is 4.65. The zero-order valence-electron chi connectivity index (χ0n) is 9.49. The van der Waals surface area contributed by atoms with Crippen molar-refractivity contribution in [2.24, 2.45) is 5.92 Å². The molecule has 1 aromatic rings. The van der Waals surface area contributed by atoms with Crippen LogP contribution in [0, 0.1) is 5.92 Å². The second kappa shape index (κ2) is 5.78. The Kier molecular flexibility index (Phi) is 4.35. The minimum absolute atomic E-state index is 0.359. The number of thioether (sulfide) groups is 1. The van der Waals surface area contributed by atoms with Gasteiger partial charge >= 0.3 is 5.97 Å². The number of aromatic carboxylic acids is 1. The minimum atomic E-state index is -0.879. The average Bonchev–Trinajstić information content (AvgIpc) is 2.78. The maximum atomic E-state index is 11.1. The number of hydrogen-bond donors (Lipinski definition) is 1. The summed E-state index contributed by atoms with van der Waals surface area (Å²) in [6.45, 7) is 0. The Morgan fingerprint density at radius 2 is 2.12 bits per heavy atom. The zero-order chi connectivity index (χ0) is 12.3. The number of hydrogen-bond acceptors (Lipinski definition) is 2. The molecule has 1 aromatic carbocycles. The van der Waals surface area contributed by atoms with Crippen LogP contribution in [0.25, 0.3) is 0 Å². The van der Waals surface area contributed by atoms with Gasteiger partial charge in [0.25, 0.3) is 0 Å². The van der Waals surface area contributed by atoms with Crippen molar-refractivity contribution in [1.29, 1.82) is 0 Å². The third-order valence-electron chi connectivity index (χ3n) is 3.12. The van der Waals surface area contributed by atoms with Crippen molar-refractivity contribution in [2.45, 2.75) is 30.6 Å². The molecule has 0 spiro atoms. The lowest BCUT2D eigenvalue weighted by atomic mass is 10.1. The van der Waals surface area contributed by atoms with E-state index in [4.69, 9.17) is 16.7 Å². The predicted molar refractivity (Wildman–Crippen MR) is 71.1 cm³/mol. The molecule has 4 heteroatoms. The lowest BCUT2D eigenvalue weighted by Gasteiger charge is -2.10. The number of halogens is 1. The van der Waals surface area contributed by atoms with Gasteiger partial charge in [-0.1, -0.05) is 24.4 Å². The molecule has 92 valence electrons. The monoisotopic (exact) mass is 270 g/mol. The summed E-state index contributed by atoms with van der Waals surface area (Å²) in [6, 6.07) is 4.97. The summed E-state index contributed by atoms with van der Waals surface area (Å²) in [6.07, 6.45) is 5.17. The first-order valence-corrected chi connectivity index (χ1v) is 7.19. The van der Waals surface area contributed by atoms with Gasteiger partial charge in [-0.25, -0.2) is 4.79 Å². The van der Waals surface area contributed by atoms with Crippen LogP contribution in [0.5, 0.6) is 0 Å². The van der Waals surface area contributed by atoms with Crippen LogP contribution in [0.4, 0.5) is 0 Å². The van der Waals surface area contributed by atoms with E-state index in [0.29, 0.717) is 10.6 Å². The second-order valence-corrected chi connectivity index (χ2v) is 5.91. The van der Waals surface area contributed by atoms with Gasteiger partial charge in [0.2, 0.25) is 0 Å². The van der Waals surface area contributed by atoms with Crippen LogP contribution in [0.1, 0.15) is 36.0 Å². The normalized spacial score (nSPS) is 16.3. The Hall–Kier alpha value is -0.670. The van der Waals surface area contributed by atoms with Gasteiger partial charge in [0.15, 0.2) is 0 Å². The summed E-state index contributed by atoms with van der Waals surface area (Å²) in [5, 5.41) is 9.69. The first kappa shape index (κ1) is 12.8. The molecular weight excluding hydrogens is 256 g/mol. The summed E-state index contributed by atoms with van der Waals surface area (Å²) < 4.78 is 0. The van der Waals surface area contributed by atoms with Crippen LogP contribution in [0.3, 0.4) is 0 Å². The summed E-state index contributed by atoms with van der Waals surface area (Å²) >= 11 is 7.53. The van der Waals surface area contributed by atoms with Gasteiger partial charge in [0, 0.05) is 15.7 Å². The number of benzene rings is 1. The topological polar surface area (TPSA) is 37.3 Å². The molecule has 0 bridgehead atoms. The van der Waals surface area contributed by atoms with E-state index in [1.807, 2.05) is 0 Å². The molecule has 1 fully saturated rings. The van der Waals surface area contributed by atoms with E-state index in [2.05, 4.69) is 0 Å². The van der Waals surface area contributed by atoms with Gasteiger partial charge in [0.1, 0.15) is 0 Å². The highest BCUT2D eigenvalue weighted by atomic mass is 35.5. The first-order chi connectivity index (χ1) is 8.16. The molecule has 1 N–H and O–H groups in total. The largest absolute Gasteiger partial charge is 0.478 e. The minimum Gasteiger partial charge on any atom is -0.478 e. The standard InChI is InChI=1S/C13H15ClO2S/c14-10-5-6-11(13(15)16)12(7-10)17-8-9-3-1-2-4-9/h5-7,9H,1-4,8H2,(H,15,16). The quantitative estimate of drug-likeness (QED) is 0.828. The summed E-state index contributed by atoms with van der Waals surface area (Å²) in [5.41, 5.74) is 0.359. The van der Waals surface area contributed by atoms with E-state index < -0.39 is 5.97 Å². The summed E-state index contributed by atoms with van der Waals surface area (Å²) in [5.74, 6) is 0.858. The van der Waals surface area contributed by atoms with Crippen molar-refractivity contribution < 1.29 is 9.90 Å². The van der Waals surface area contributed by atoms with E-state index in [1.165, 1.54) is 25.7 Å². The molecule has 0 heterocycles. The Bertz CT molecular complexity index is 414. The Labute approximate surface area is 110 Å². The van der Waals surface area contributed by atoms with E-state index in [1.54, 1.807) is 30.0 Å². The zero-order valence-corrected chi connectivity index (χ0v) is 11.1. The molecule has 17 heavy (non-hydrogen) atoms. The van der Waals surface area contributed by atoms with Crippen molar-refractivity contribution in [3.05, 3.63) is 28.8 Å². The van der Waals surface area contributed by atoms with Crippen LogP contribution in [0.2, 0.25) is 5.02 Å². The maximum Gasteiger partial charge on any atom is 0.336 e. The number of rotatable bonds is 4. The second-order valence-electron chi connectivity index (χ2n) is 4.41. The van der Waals surface area contributed by atoms with E-state index in [9.17, 15) is 4.79 Å². The smallest absolute Gasteiger partial charge is 0.336 e. The number of carboxylic acid groups (broad SMARTS) is 1. The molecule has 1 aliphatic carbocycles. The molecule has 1 saturated carbocycles. The highest BCUT2D eigenvalue weighted by Gasteiger charge is 2.17. The molecule has 0 unspecified atom stereocenters. The van der Waals surface area contributed by atoms with Crippen molar-refractivity contribution in [3.8, 4) is 0 Å². The lowest BCUT2D eigenvalue weighted by molar-refractivity contribution is 0.0693. The summed E-state index contributed by atoms with van der Waals surface area (Å²) in [7, 11) is 0. The molecule has 1 aliphatic rings. The fourth-order valence-corrected chi connectivity index (χ4v) is 3.68. The molecule has 0 amide bonds. The molecule has 0 radical (unpaired) electrons. The van der Waals surface area contributed by atoms with Crippen LogP contribution < -0.4 is 0 Å². The van der Waals surface area contributed by atoms with Gasteiger partial charge in [-0.3, -0.25) is 0 Å². The van der Waals surface area contributed by atoms with Gasteiger partial charge in [-0.05, 0) is 37.0 Å². The molecule has 0 aromatic heterocycles. The SMILES string of the molecule is O=C(O)c1ccc(Cl)cc1SCC1CCCC1. The van der Waals surface area contributed by atoms with E-state index >= 15 is 0 Å². The van der Waals surface area contributed by atoms with Gasteiger partial charge < -0.3 is 5.11 Å².